The largest absolute Gasteiger partial charge is 0.488 e. The highest BCUT2D eigenvalue weighted by atomic mass is 35.5. The third kappa shape index (κ3) is 3.46. The van der Waals surface area contributed by atoms with Crippen molar-refractivity contribution in [3.05, 3.63) is 64.2 Å². The zero-order chi connectivity index (χ0) is 14.7. The van der Waals surface area contributed by atoms with E-state index in [0.29, 0.717) is 16.3 Å². The molecule has 2 aromatic rings. The summed E-state index contributed by atoms with van der Waals surface area (Å²) in [6, 6.07) is 7.99. The van der Waals surface area contributed by atoms with Gasteiger partial charge in [-0.15, -0.1) is 0 Å². The SMILES string of the molecule is CC(N)c1cc(Cl)ccc1OCc1cc(F)ccc1F. The van der Waals surface area contributed by atoms with Crippen LogP contribution in [0, 0.1) is 11.6 Å². The topological polar surface area (TPSA) is 35.2 Å². The molecule has 2 aromatic carbocycles. The van der Waals surface area contributed by atoms with Gasteiger partial charge < -0.3 is 10.5 Å². The second-order valence-electron chi connectivity index (χ2n) is 4.50. The number of ether oxygens (including phenoxy) is 1. The van der Waals surface area contributed by atoms with Crippen LogP contribution >= 0.6 is 11.6 Å². The highest BCUT2D eigenvalue weighted by Crippen LogP contribution is 2.28. The van der Waals surface area contributed by atoms with Crippen LogP contribution in [-0.4, -0.2) is 0 Å². The molecule has 0 aliphatic heterocycles. The van der Waals surface area contributed by atoms with Crippen molar-refractivity contribution >= 4 is 11.6 Å². The van der Waals surface area contributed by atoms with Crippen LogP contribution < -0.4 is 10.5 Å². The molecule has 0 saturated carbocycles. The minimum Gasteiger partial charge on any atom is -0.488 e. The average Bonchev–Trinajstić information content (AvgIpc) is 2.40. The first-order valence-corrected chi connectivity index (χ1v) is 6.47. The second kappa shape index (κ2) is 6.20. The molecule has 0 radical (unpaired) electrons. The van der Waals surface area contributed by atoms with Crippen LogP contribution in [0.25, 0.3) is 0 Å². The number of hydrogen-bond donors (Lipinski definition) is 1. The first-order chi connectivity index (χ1) is 9.47. The van der Waals surface area contributed by atoms with E-state index in [4.69, 9.17) is 22.1 Å². The zero-order valence-corrected chi connectivity index (χ0v) is 11.6. The number of benzene rings is 2. The summed E-state index contributed by atoms with van der Waals surface area (Å²) >= 11 is 5.90. The smallest absolute Gasteiger partial charge is 0.130 e. The van der Waals surface area contributed by atoms with E-state index in [1.807, 2.05) is 0 Å². The summed E-state index contributed by atoms with van der Waals surface area (Å²) in [5.74, 6) is -0.510. The van der Waals surface area contributed by atoms with Crippen molar-refractivity contribution in [3.8, 4) is 5.75 Å². The van der Waals surface area contributed by atoms with E-state index >= 15 is 0 Å². The van der Waals surface area contributed by atoms with Crippen LogP contribution in [0.4, 0.5) is 8.78 Å². The number of hydrogen-bond acceptors (Lipinski definition) is 2. The van der Waals surface area contributed by atoms with Gasteiger partial charge in [0, 0.05) is 22.2 Å². The van der Waals surface area contributed by atoms with Crippen molar-refractivity contribution in [1.82, 2.24) is 0 Å². The van der Waals surface area contributed by atoms with Crippen LogP contribution in [0.1, 0.15) is 24.1 Å². The van der Waals surface area contributed by atoms with Crippen molar-refractivity contribution in [2.24, 2.45) is 5.73 Å². The molecule has 5 heteroatoms. The van der Waals surface area contributed by atoms with Gasteiger partial charge in [-0.3, -0.25) is 0 Å². The van der Waals surface area contributed by atoms with Gasteiger partial charge in [-0.25, -0.2) is 8.78 Å². The van der Waals surface area contributed by atoms with Crippen molar-refractivity contribution in [2.75, 3.05) is 0 Å². The summed E-state index contributed by atoms with van der Waals surface area (Å²) in [4.78, 5) is 0. The van der Waals surface area contributed by atoms with Crippen molar-refractivity contribution in [2.45, 2.75) is 19.6 Å². The van der Waals surface area contributed by atoms with Gasteiger partial charge in [0.1, 0.15) is 24.0 Å². The van der Waals surface area contributed by atoms with E-state index in [0.717, 1.165) is 18.2 Å². The predicted octanol–water partition coefficient (Wildman–Crippen LogP) is 4.22. The minimum absolute atomic E-state index is 0.0784. The van der Waals surface area contributed by atoms with Crippen molar-refractivity contribution in [3.63, 3.8) is 0 Å². The van der Waals surface area contributed by atoms with Gasteiger partial charge in [0.15, 0.2) is 0 Å². The monoisotopic (exact) mass is 297 g/mol. The molecule has 2 N–H and O–H groups in total. The Balaban J connectivity index is 2.20. The lowest BCUT2D eigenvalue weighted by Gasteiger charge is -2.14. The Bertz CT molecular complexity index is 617. The van der Waals surface area contributed by atoms with Crippen molar-refractivity contribution < 1.29 is 13.5 Å². The molecule has 20 heavy (non-hydrogen) atoms. The molecule has 0 aliphatic carbocycles. The van der Waals surface area contributed by atoms with E-state index in [2.05, 4.69) is 0 Å². The fraction of sp³-hybridized carbons (Fsp3) is 0.200. The number of rotatable bonds is 4. The first kappa shape index (κ1) is 14.8. The molecule has 0 aromatic heterocycles. The maximum atomic E-state index is 13.5. The molecule has 0 fully saturated rings. The first-order valence-electron chi connectivity index (χ1n) is 6.09. The Morgan fingerprint density at radius 2 is 1.95 bits per heavy atom. The van der Waals surface area contributed by atoms with Crippen LogP contribution in [0.15, 0.2) is 36.4 Å². The van der Waals surface area contributed by atoms with Gasteiger partial charge >= 0.3 is 0 Å². The number of halogens is 3. The van der Waals surface area contributed by atoms with Gasteiger partial charge in [0.25, 0.3) is 0 Å². The van der Waals surface area contributed by atoms with E-state index in [-0.39, 0.29) is 18.2 Å². The molecular formula is C15H14ClF2NO. The van der Waals surface area contributed by atoms with E-state index in [1.54, 1.807) is 25.1 Å². The van der Waals surface area contributed by atoms with Gasteiger partial charge in [0.05, 0.1) is 0 Å². The Kier molecular flexibility index (Phi) is 4.57. The highest BCUT2D eigenvalue weighted by Gasteiger charge is 2.11. The maximum absolute atomic E-state index is 13.5. The van der Waals surface area contributed by atoms with Gasteiger partial charge in [-0.05, 0) is 43.3 Å². The lowest BCUT2D eigenvalue weighted by Crippen LogP contribution is -2.08. The molecule has 1 atom stereocenters. The Morgan fingerprint density at radius 3 is 2.65 bits per heavy atom. The molecule has 106 valence electrons. The molecule has 0 bridgehead atoms. The van der Waals surface area contributed by atoms with E-state index in [1.165, 1.54) is 0 Å². The summed E-state index contributed by atoms with van der Waals surface area (Å²) in [5, 5.41) is 0.543. The summed E-state index contributed by atoms with van der Waals surface area (Å²) in [6.07, 6.45) is 0. The molecule has 0 saturated heterocycles. The van der Waals surface area contributed by atoms with E-state index in [9.17, 15) is 8.78 Å². The molecule has 2 rings (SSSR count). The van der Waals surface area contributed by atoms with Gasteiger partial charge in [-0.1, -0.05) is 11.6 Å². The third-order valence-corrected chi connectivity index (χ3v) is 3.09. The lowest BCUT2D eigenvalue weighted by atomic mass is 10.1. The molecular weight excluding hydrogens is 284 g/mol. The summed E-state index contributed by atoms with van der Waals surface area (Å²) in [7, 11) is 0. The number of nitrogens with two attached hydrogens (primary N) is 1. The summed E-state index contributed by atoms with van der Waals surface area (Å²) < 4.78 is 32.1. The maximum Gasteiger partial charge on any atom is 0.130 e. The predicted molar refractivity (Wildman–Crippen MR) is 74.7 cm³/mol. The zero-order valence-electron chi connectivity index (χ0n) is 10.9. The third-order valence-electron chi connectivity index (χ3n) is 2.85. The molecule has 1 unspecified atom stereocenters. The minimum atomic E-state index is -0.511. The molecule has 0 amide bonds. The molecule has 0 heterocycles. The van der Waals surface area contributed by atoms with Gasteiger partial charge in [-0.2, -0.15) is 0 Å². The summed E-state index contributed by atoms with van der Waals surface area (Å²) in [5.41, 5.74) is 6.70. The summed E-state index contributed by atoms with van der Waals surface area (Å²) in [6.45, 7) is 1.71. The van der Waals surface area contributed by atoms with Crippen LogP contribution in [-0.2, 0) is 6.61 Å². The average molecular weight is 298 g/mol. The quantitative estimate of drug-likeness (QED) is 0.917. The normalized spacial score (nSPS) is 12.2. The Labute approximate surface area is 121 Å². The van der Waals surface area contributed by atoms with Gasteiger partial charge in [0.2, 0.25) is 0 Å². The fourth-order valence-corrected chi connectivity index (χ4v) is 2.00. The van der Waals surface area contributed by atoms with Crippen molar-refractivity contribution in [1.29, 1.82) is 0 Å². The van der Waals surface area contributed by atoms with Crippen LogP contribution in [0.3, 0.4) is 0 Å². The lowest BCUT2D eigenvalue weighted by molar-refractivity contribution is 0.294. The van der Waals surface area contributed by atoms with E-state index < -0.39 is 11.6 Å². The van der Waals surface area contributed by atoms with Crippen LogP contribution in [0.2, 0.25) is 5.02 Å². The fourth-order valence-electron chi connectivity index (χ4n) is 1.82. The van der Waals surface area contributed by atoms with Crippen LogP contribution in [0.5, 0.6) is 5.75 Å². The molecule has 0 spiro atoms. The Hall–Kier alpha value is -1.65. The Morgan fingerprint density at radius 1 is 1.20 bits per heavy atom. The standard InChI is InChI=1S/C15H14ClF2NO/c1-9(19)13-7-11(16)2-5-15(13)20-8-10-6-12(17)3-4-14(10)18/h2-7,9H,8,19H2,1H3. The highest BCUT2D eigenvalue weighted by molar-refractivity contribution is 6.30. The molecule has 2 nitrogen and oxygen atoms in total. The second-order valence-corrected chi connectivity index (χ2v) is 4.93. The molecule has 0 aliphatic rings.